The molecule has 0 aliphatic carbocycles. The smallest absolute Gasteiger partial charge is 0.190 e. The highest BCUT2D eigenvalue weighted by molar-refractivity contribution is 6.43. The molecule has 0 unspecified atom stereocenters. The molecule has 0 saturated carbocycles. The van der Waals surface area contributed by atoms with Crippen LogP contribution in [0, 0.1) is 5.82 Å². The van der Waals surface area contributed by atoms with E-state index in [-0.39, 0.29) is 115 Å². The number of rotatable bonds is 37. The summed E-state index contributed by atoms with van der Waals surface area (Å²) in [7, 11) is 24.6. The Kier molecular flexibility index (Phi) is 63.3. The predicted molar refractivity (Wildman–Crippen MR) is 641 cm³/mol. The summed E-state index contributed by atoms with van der Waals surface area (Å²) < 4.78 is 18.3. The summed E-state index contributed by atoms with van der Waals surface area (Å²) in [5.74, 6) is 0.0695. The van der Waals surface area contributed by atoms with Gasteiger partial charge >= 0.3 is 0 Å². The summed E-state index contributed by atoms with van der Waals surface area (Å²) in [6.45, 7) is 26.7. The predicted octanol–water partition coefficient (Wildman–Crippen LogP) is 30.1. The number of ether oxygens (including phenoxy) is 1. The normalized spacial score (nSPS) is 11.1. The molecule has 0 bridgehead atoms. The molecule has 26 heteroatoms. The van der Waals surface area contributed by atoms with E-state index >= 15 is 0 Å². The zero-order valence-electron chi connectivity index (χ0n) is 84.6. The van der Waals surface area contributed by atoms with Gasteiger partial charge in [-0.15, -0.1) is 74.4 Å². The topological polar surface area (TPSA) is 131 Å². The number of Topliss-reactive ketones (excluding diaryl/α,β-unsaturated/α-hetero) is 6. The second-order valence-corrected chi connectivity index (χ2v) is 36.8. The van der Waals surface area contributed by atoms with Gasteiger partial charge in [0.2, 0.25) is 0 Å². The maximum atomic E-state index is 13.1. The van der Waals surface area contributed by atoms with E-state index in [1.165, 1.54) is 12.1 Å². The van der Waals surface area contributed by atoms with Gasteiger partial charge in [0.05, 0.1) is 27.2 Å². The molecule has 12 aromatic rings. The molecule has 0 radical (unpaired) electrons. The van der Waals surface area contributed by atoms with Crippen molar-refractivity contribution in [2.45, 2.75) is 0 Å². The maximum absolute atomic E-state index is 13.1. The van der Waals surface area contributed by atoms with E-state index in [0.717, 1.165) is 72.5 Å². The Morgan fingerprint density at radius 1 is 0.245 bits per heavy atom. The maximum Gasteiger partial charge on any atom is 0.190 e. The van der Waals surface area contributed by atoms with Crippen molar-refractivity contribution in [1.82, 2.24) is 29.4 Å². The molecule has 0 amide bonds. The second-order valence-electron chi connectivity index (χ2n) is 34.3. The number of carbonyl (C=O) groups excluding carboxylic acids is 6. The van der Waals surface area contributed by atoms with Crippen LogP contribution in [0.4, 0.5) is 4.39 Å². The van der Waals surface area contributed by atoms with Gasteiger partial charge in [0.1, 0.15) is 11.6 Å². The van der Waals surface area contributed by atoms with Crippen LogP contribution in [0.3, 0.4) is 0 Å². The van der Waals surface area contributed by atoms with Crippen LogP contribution in [0.25, 0.3) is 69.9 Å². The fourth-order valence-corrected chi connectivity index (χ4v) is 14.9. The zero-order valence-corrected chi connectivity index (χ0v) is 94.0. The summed E-state index contributed by atoms with van der Waals surface area (Å²) >= 11 is 36.4. The number of ketones is 6. The van der Waals surface area contributed by atoms with E-state index in [4.69, 9.17) is 74.3 Å². The van der Waals surface area contributed by atoms with Gasteiger partial charge in [-0.1, -0.05) is 358 Å². The van der Waals surface area contributed by atoms with Crippen molar-refractivity contribution in [3.8, 4) is 5.75 Å². The van der Waals surface area contributed by atoms with Crippen LogP contribution in [0.1, 0.15) is 66.8 Å². The molecule has 12 aromatic carbocycles. The van der Waals surface area contributed by atoms with Gasteiger partial charge in [0.15, 0.2) is 34.7 Å². The molecule has 0 atom stereocenters. The Hall–Kier alpha value is -11.5. The molecule has 0 fully saturated rings. The van der Waals surface area contributed by atoms with E-state index in [0.29, 0.717) is 136 Å². The van der Waals surface area contributed by atoms with Crippen molar-refractivity contribution in [3.05, 3.63) is 491 Å². The lowest BCUT2D eigenvalue weighted by atomic mass is 9.95. The number of hydrogen-bond donors (Lipinski definition) is 0. The van der Waals surface area contributed by atoms with Crippen LogP contribution in [-0.2, 0) is 28.8 Å². The Morgan fingerprint density at radius 3 is 0.694 bits per heavy atom. The van der Waals surface area contributed by atoms with Gasteiger partial charge in [-0.05, 0) is 255 Å². The van der Waals surface area contributed by atoms with Crippen molar-refractivity contribution < 1.29 is 37.9 Å². The van der Waals surface area contributed by atoms with Gasteiger partial charge in [0, 0.05) is 116 Å². The number of carbonyl (C=O) groups is 6. The third kappa shape index (κ3) is 46.4. The molecule has 12 rings (SSSR count). The Morgan fingerprint density at radius 2 is 0.463 bits per heavy atom. The largest absolute Gasteiger partial charge is 0.497 e. The number of hydrogen-bond acceptors (Lipinski definition) is 13. The van der Waals surface area contributed by atoms with E-state index in [2.05, 4.69) is 39.5 Å². The van der Waals surface area contributed by atoms with Crippen LogP contribution in [0.5, 0.6) is 5.75 Å². The minimum atomic E-state index is -0.299. The van der Waals surface area contributed by atoms with Crippen LogP contribution in [0.15, 0.2) is 388 Å². The number of nitrogens with zero attached hydrogens (tertiary/aromatic N) is 6. The fourth-order valence-electron chi connectivity index (χ4n) is 13.9. The van der Waals surface area contributed by atoms with Crippen LogP contribution in [0.2, 0.25) is 30.1 Å². The lowest BCUT2D eigenvalue weighted by Gasteiger charge is -2.14. The average Bonchev–Trinajstić information content (AvgIpc) is 0.887. The van der Waals surface area contributed by atoms with Gasteiger partial charge in [-0.25, -0.2) is 4.39 Å². The van der Waals surface area contributed by atoms with Crippen molar-refractivity contribution in [3.63, 3.8) is 0 Å². The molecule has 0 heterocycles. The summed E-state index contributed by atoms with van der Waals surface area (Å²) in [5.41, 5.74) is 17.1. The molecule has 774 valence electrons. The lowest BCUT2D eigenvalue weighted by Crippen LogP contribution is -2.19. The molecule has 0 aromatic heterocycles. The van der Waals surface area contributed by atoms with E-state index in [9.17, 15) is 33.2 Å². The zero-order chi connectivity index (χ0) is 103. The molecule has 0 saturated heterocycles. The van der Waals surface area contributed by atoms with Crippen molar-refractivity contribution in [1.29, 1.82) is 0 Å². The molecule has 0 N–H and O–H groups in total. The summed E-state index contributed by atoms with van der Waals surface area (Å²) in [5, 5.41) is 3.14. The van der Waals surface area contributed by atoms with Crippen molar-refractivity contribution in [2.75, 3.05) is 131 Å². The van der Waals surface area contributed by atoms with Crippen molar-refractivity contribution >= 4 is 249 Å². The molecular formula is C121H127Cl12FN6O7. The number of halogens is 13. The van der Waals surface area contributed by atoms with Crippen LogP contribution in [-0.4, -0.2) is 195 Å². The Labute approximate surface area is 935 Å². The van der Waals surface area contributed by atoms with Gasteiger partial charge in [0.25, 0.3) is 0 Å². The summed E-state index contributed by atoms with van der Waals surface area (Å²) in [4.78, 5) is 88.7. The first-order valence-electron chi connectivity index (χ1n) is 44.9. The van der Waals surface area contributed by atoms with Crippen molar-refractivity contribution in [2.24, 2.45) is 0 Å². The highest BCUT2D eigenvalue weighted by Gasteiger charge is 2.24. The summed E-state index contributed by atoms with van der Waals surface area (Å²) in [6, 6.07) is 96.6. The average molecular weight is 2220 g/mol. The number of likely N-dealkylation sites (N-methyl/N-ethyl adjacent to an activating group) is 6. The van der Waals surface area contributed by atoms with Crippen LogP contribution < -0.4 is 4.74 Å². The van der Waals surface area contributed by atoms with Crippen LogP contribution >= 0.6 is 144 Å². The highest BCUT2D eigenvalue weighted by atomic mass is 35.5. The lowest BCUT2D eigenvalue weighted by molar-refractivity contribution is -0.111. The van der Waals surface area contributed by atoms with E-state index < -0.39 is 0 Å². The van der Waals surface area contributed by atoms with Gasteiger partial charge in [-0.2, -0.15) is 0 Å². The SMILES string of the molecule is C=C(CN(C)C)C(=O)/C(=C/c1ccc(Cl)c(Cl)c1)c1ccccc1.C=C(CN(C)C)C(=O)/C(=C/c1cccc(Cl)c1)c1ccccc1.C=C(CN(C)C)C(=O)/C(=C/c1ccccc1Cl)c1ccccc1.C=C(CN(C)C)C(=O)/C(=C\c1ccc(Cl)c(Cl)c1)c1ccccc1.C=C(CN(C)C)C(=O)/C(=C\c1ccc(F)cc1)c1ccccc1.C=C(CN(C)C)C(=O)/C(=C\c1ccc(OC)cc1)c1ccccc1.Cl.Cl.Cl.Cl.Cl.Cl. The first-order chi connectivity index (χ1) is 67.2. The molecular weight excluding hydrogens is 2090 g/mol. The number of benzene rings is 12. The monoisotopic (exact) mass is 2210 g/mol. The molecule has 0 spiro atoms. The highest BCUT2D eigenvalue weighted by Crippen LogP contribution is 2.34. The first-order valence-corrected chi connectivity index (χ1v) is 47.1. The third-order valence-electron chi connectivity index (χ3n) is 20.4. The fraction of sp³-hybridized carbons (Fsp3) is 0.157. The molecule has 0 aliphatic heterocycles. The molecule has 13 nitrogen and oxygen atoms in total. The minimum Gasteiger partial charge on any atom is -0.497 e. The van der Waals surface area contributed by atoms with E-state index in [1.54, 1.807) is 49.6 Å². The minimum absolute atomic E-state index is 0. The van der Waals surface area contributed by atoms with Gasteiger partial charge < -0.3 is 34.1 Å². The number of methoxy groups -OCH3 is 1. The third-order valence-corrected chi connectivity index (χ3v) is 22.5. The quantitative estimate of drug-likeness (QED) is 0.0271. The van der Waals surface area contributed by atoms with Gasteiger partial charge in [-0.3, -0.25) is 28.8 Å². The summed E-state index contributed by atoms with van der Waals surface area (Å²) in [6.07, 6.45) is 11.0. The molecule has 147 heavy (non-hydrogen) atoms. The Balaban J connectivity index is 0.000000875. The van der Waals surface area contributed by atoms with E-state index in [1.807, 2.05) is 411 Å². The molecule has 0 aliphatic rings. The number of allylic oxidation sites excluding steroid dienone is 6. The standard InChI is InChI=1S/C21H23NO2.2C20H19Cl2NO.2C20H20ClNO.C20H20FNO.6ClH/c1-16(15-22(2)3)21(23)20(18-8-6-5-7-9-18)14-17-10-12-19(24-4)13-11-17;2*1-14(13-23(2)3)20(24)17(16-7-5-4-6-8-16)11-15-9-10-18(21)19(22)12-15;1-15(14-22(2)3)20(23)19(17-9-5-4-6-10-17)13-16-8-7-11-18(21)12-16;1-15(14-22(2)3)20(23)18(16-9-5-4-6-10-16)13-17-11-7-8-12-19(17)21;1-15(14-22(2)3)20(23)19(17-7-5-4-6-8-17)13-16-9-11-18(21)12-10-16;;;;;;/h5-14H,1,15H2,2-4H3;2*4-12H,1,13H2,2-3H3;3*4-13H,1,14H2,2-3H3;6*1H/b20-14-;17-11+;17-11-;19-13+;18-13+;19-13-;;;;;;. The second kappa shape index (κ2) is 69.7. The first kappa shape index (κ1) is 134. The Bertz CT molecular complexity index is 6400.